The van der Waals surface area contributed by atoms with E-state index in [1.165, 1.54) is 13.8 Å². The Kier molecular flexibility index (Phi) is 28.5. The minimum atomic E-state index is -4.67. The van der Waals surface area contributed by atoms with E-state index in [4.69, 9.17) is 33.2 Å². The number of carbonyl (C=O) groups excluding carboxylic acids is 2. The molecule has 0 aromatic heterocycles. The summed E-state index contributed by atoms with van der Waals surface area (Å²) in [6.07, 6.45) is -2.68. The molecule has 0 saturated carbocycles. The molecular formula is C38H62O28S6. The average Bonchev–Trinajstić information content (AvgIpc) is 3.21. The molecule has 2 aromatic carbocycles. The van der Waals surface area contributed by atoms with Gasteiger partial charge in [0.15, 0.2) is 6.29 Å². The van der Waals surface area contributed by atoms with Crippen LogP contribution in [0.5, 0.6) is 34.5 Å². The summed E-state index contributed by atoms with van der Waals surface area (Å²) in [6.45, 7) is -1.36. The highest BCUT2D eigenvalue weighted by molar-refractivity contribution is 7.86. The number of methoxy groups -OCH3 is 2. The lowest BCUT2D eigenvalue weighted by atomic mass is 9.90. The molecule has 0 aliphatic rings. The summed E-state index contributed by atoms with van der Waals surface area (Å²) in [5, 5.41) is 0. The number of benzene rings is 2. The minimum absolute atomic E-state index is 0. The molecule has 2 aromatic rings. The lowest BCUT2D eigenvalue weighted by molar-refractivity contribution is 0.0590. The molecule has 6 N–H and O–H groups in total. The van der Waals surface area contributed by atoms with Gasteiger partial charge in [-0.25, -0.2) is 4.79 Å². The molecule has 0 spiro atoms. The van der Waals surface area contributed by atoms with Crippen molar-refractivity contribution in [1.82, 2.24) is 0 Å². The van der Waals surface area contributed by atoms with Crippen LogP contribution in [0.2, 0.25) is 0 Å². The van der Waals surface area contributed by atoms with E-state index in [1.54, 1.807) is 14.2 Å². The molecule has 0 bridgehead atoms. The van der Waals surface area contributed by atoms with Gasteiger partial charge in [0.25, 0.3) is 60.7 Å². The molecule has 0 radical (unpaired) electrons. The predicted octanol–water partition coefficient (Wildman–Crippen LogP) is 2.41. The Bertz CT molecular complexity index is 2810. The van der Waals surface area contributed by atoms with Gasteiger partial charge in [0, 0.05) is 25.3 Å². The molecule has 28 nitrogen and oxygen atoms in total. The second-order valence-electron chi connectivity index (χ2n) is 14.7. The molecule has 0 heterocycles. The fourth-order valence-corrected chi connectivity index (χ4v) is 8.90. The summed E-state index contributed by atoms with van der Waals surface area (Å²) in [5.74, 6) is -10.00. The molecule has 418 valence electrons. The minimum Gasteiger partial charge on any atom is -0.492 e. The molecule has 0 unspecified atom stereocenters. The van der Waals surface area contributed by atoms with Crippen molar-refractivity contribution in [3.05, 3.63) is 22.3 Å². The second-order valence-corrected chi connectivity index (χ2v) is 24.1. The summed E-state index contributed by atoms with van der Waals surface area (Å²) in [4.78, 5) is 27.2. The van der Waals surface area contributed by atoms with Gasteiger partial charge in [-0.1, -0.05) is 7.43 Å². The molecule has 34 heteroatoms. The van der Waals surface area contributed by atoms with Crippen molar-refractivity contribution in [3.63, 3.8) is 0 Å². The molecule has 72 heavy (non-hydrogen) atoms. The number of carbonyl (C=O) groups is 2. The zero-order valence-corrected chi connectivity index (χ0v) is 43.8. The number of aldehydes is 1. The summed E-state index contributed by atoms with van der Waals surface area (Å²) in [5.41, 5.74) is -2.79. The Morgan fingerprint density at radius 2 is 0.653 bits per heavy atom. The van der Waals surface area contributed by atoms with Crippen molar-refractivity contribution in [2.24, 2.45) is 0 Å². The third-order valence-electron chi connectivity index (χ3n) is 8.73. The van der Waals surface area contributed by atoms with Gasteiger partial charge in [0.05, 0.1) is 98.0 Å². The lowest BCUT2D eigenvalue weighted by Gasteiger charge is -2.28. The van der Waals surface area contributed by atoms with Crippen LogP contribution in [-0.4, -0.2) is 186 Å². The van der Waals surface area contributed by atoms with Gasteiger partial charge in [0.2, 0.25) is 0 Å². The van der Waals surface area contributed by atoms with Gasteiger partial charge >= 0.3 is 5.97 Å². The van der Waals surface area contributed by atoms with Crippen LogP contribution in [0.3, 0.4) is 0 Å². The second kappa shape index (κ2) is 30.2. The summed E-state index contributed by atoms with van der Waals surface area (Å²) in [7, 11) is -23.6. The molecule has 0 aliphatic heterocycles. The molecule has 0 amide bonds. The SMILES string of the molecule is C.COC.COC(=O)c1c(OCCCS(=O)(=O)O)c(C)c(OCCCS(=O)(=O)O)c(-c2c(OCCCS(=O)(=O)O)c(C)c(OCCCS(=O)(=O)O)c(C=O)c2OCCCS(=O)(=O)O)c1OCCCS(=O)(=O)O. The Hall–Kier alpha value is -4.20. The van der Waals surface area contributed by atoms with Crippen molar-refractivity contribution in [2.75, 3.05) is 95.5 Å². The van der Waals surface area contributed by atoms with E-state index in [0.29, 0.717) is 0 Å². The van der Waals surface area contributed by atoms with Gasteiger partial charge < -0.3 is 37.9 Å². The summed E-state index contributed by atoms with van der Waals surface area (Å²) < 4.78 is 241. The Morgan fingerprint density at radius 3 is 0.931 bits per heavy atom. The number of hydrogen-bond donors (Lipinski definition) is 6. The van der Waals surface area contributed by atoms with E-state index in [9.17, 15) is 87.4 Å². The Morgan fingerprint density at radius 1 is 0.417 bits per heavy atom. The first-order valence-corrected chi connectivity index (χ1v) is 30.1. The maximum atomic E-state index is 13.9. The number of ether oxygens (including phenoxy) is 8. The highest BCUT2D eigenvalue weighted by Gasteiger charge is 2.37. The smallest absolute Gasteiger partial charge is 0.345 e. The zero-order valence-electron chi connectivity index (χ0n) is 38.9. The van der Waals surface area contributed by atoms with E-state index in [0.717, 1.165) is 7.11 Å². The van der Waals surface area contributed by atoms with Crippen molar-refractivity contribution in [2.45, 2.75) is 59.8 Å². The molecule has 2 rings (SSSR count). The van der Waals surface area contributed by atoms with Crippen molar-refractivity contribution < 1.29 is 125 Å². The van der Waals surface area contributed by atoms with E-state index >= 15 is 0 Å². The van der Waals surface area contributed by atoms with Gasteiger partial charge in [0.1, 0.15) is 40.1 Å². The highest BCUT2D eigenvalue weighted by atomic mass is 32.2. The number of rotatable bonds is 33. The quantitative estimate of drug-likeness (QED) is 0.0259. The predicted molar refractivity (Wildman–Crippen MR) is 257 cm³/mol. The first-order valence-electron chi connectivity index (χ1n) is 20.4. The van der Waals surface area contributed by atoms with Crippen LogP contribution >= 0.6 is 0 Å². The van der Waals surface area contributed by atoms with Crippen LogP contribution in [0.25, 0.3) is 11.1 Å². The molecule has 0 atom stereocenters. The van der Waals surface area contributed by atoms with Crippen LogP contribution in [0, 0.1) is 13.8 Å². The third kappa shape index (κ3) is 25.6. The van der Waals surface area contributed by atoms with Crippen LogP contribution in [0.15, 0.2) is 0 Å². The van der Waals surface area contributed by atoms with Crippen LogP contribution < -0.4 is 28.4 Å². The lowest BCUT2D eigenvalue weighted by Crippen LogP contribution is -2.18. The van der Waals surface area contributed by atoms with Gasteiger partial charge in [-0.15, -0.1) is 0 Å². The van der Waals surface area contributed by atoms with Crippen LogP contribution in [0.4, 0.5) is 0 Å². The summed E-state index contributed by atoms with van der Waals surface area (Å²) in [6, 6.07) is 0. The Labute approximate surface area is 419 Å². The average molecular weight is 1160 g/mol. The van der Waals surface area contributed by atoms with Crippen LogP contribution in [0.1, 0.15) is 77.8 Å². The number of esters is 1. The highest BCUT2D eigenvalue weighted by Crippen LogP contribution is 2.57. The van der Waals surface area contributed by atoms with E-state index in [1.807, 2.05) is 0 Å². The monoisotopic (exact) mass is 1160 g/mol. The normalized spacial score (nSPS) is 12.2. The third-order valence-corrected chi connectivity index (χ3v) is 13.6. The van der Waals surface area contributed by atoms with Gasteiger partial charge in [-0.05, 0) is 52.4 Å². The van der Waals surface area contributed by atoms with Crippen molar-refractivity contribution in [1.29, 1.82) is 0 Å². The largest absolute Gasteiger partial charge is 0.492 e. The van der Waals surface area contributed by atoms with Crippen LogP contribution in [-0.2, 0) is 70.2 Å². The topological polar surface area (TPSA) is 434 Å². The fourth-order valence-electron chi connectivity index (χ4n) is 6.01. The standard InChI is InChI=1S/C35H52O27S6.C2H6O.CH4/c1-23-29(57-10-4-16-63(38,39)40)25(22-36)33(61-14-8-20-67(50,51)52)26(30(23)58-11-5-17-64(41,42)43)27-31(59-12-6-18-65(44,45)46)24(2)32(60-13-7-19-66(47,48)49)28(35(37)56-3)34(27)62-15-9-21-68(53,54)55;1-3-2;/h22H,4-21H2,1-3H3,(H,38,39,40)(H,41,42,43)(H,44,45,46)(H,47,48,49)(H,50,51,52)(H,53,54,55);1-2H3;1H4. The van der Waals surface area contributed by atoms with E-state index in [-0.39, 0.29) is 24.8 Å². The first-order chi connectivity index (χ1) is 32.6. The fraction of sp³-hybridized carbons (Fsp3) is 0.632. The Balaban J connectivity index is 0.0000123. The van der Waals surface area contributed by atoms with Gasteiger partial charge in [-0.2, -0.15) is 50.5 Å². The molecule has 0 fully saturated rings. The van der Waals surface area contributed by atoms with Crippen molar-refractivity contribution in [3.8, 4) is 45.6 Å². The summed E-state index contributed by atoms with van der Waals surface area (Å²) >= 11 is 0. The molecular weight excluding hydrogens is 1100 g/mol. The van der Waals surface area contributed by atoms with E-state index < -0.39 is 236 Å². The maximum absolute atomic E-state index is 13.9. The first kappa shape index (κ1) is 67.8. The zero-order chi connectivity index (χ0) is 54.6. The molecule has 0 saturated heterocycles. The molecule has 0 aliphatic carbocycles. The number of hydrogen-bond acceptors (Lipinski definition) is 22. The maximum Gasteiger partial charge on any atom is 0.345 e. The van der Waals surface area contributed by atoms with Crippen molar-refractivity contribution >= 4 is 73.0 Å². The van der Waals surface area contributed by atoms with E-state index in [2.05, 4.69) is 4.74 Å². The van der Waals surface area contributed by atoms with Gasteiger partial charge in [-0.3, -0.25) is 32.1 Å².